The van der Waals surface area contributed by atoms with Gasteiger partial charge < -0.3 is 5.73 Å². The molecule has 0 unspecified atom stereocenters. The summed E-state index contributed by atoms with van der Waals surface area (Å²) in [6.45, 7) is 4.66. The van der Waals surface area contributed by atoms with Gasteiger partial charge in [-0.2, -0.15) is 0 Å². The van der Waals surface area contributed by atoms with Crippen molar-refractivity contribution in [2.24, 2.45) is 5.73 Å². The Labute approximate surface area is 47.2 Å². The Kier molecular flexibility index (Phi) is 1.94. The second kappa shape index (κ2) is 2.26. The van der Waals surface area contributed by atoms with E-state index in [9.17, 15) is 9.59 Å². The van der Waals surface area contributed by atoms with Gasteiger partial charge in [-0.05, 0) is 12.5 Å². The monoisotopic (exact) mass is 113 g/mol. The van der Waals surface area contributed by atoms with Crippen LogP contribution in [0.15, 0.2) is 12.2 Å². The minimum absolute atomic E-state index is 0.178. The molecule has 0 spiro atoms. The van der Waals surface area contributed by atoms with Gasteiger partial charge in [0.1, 0.15) is 0 Å². The number of rotatable bonds is 2. The first kappa shape index (κ1) is 6.88. The van der Waals surface area contributed by atoms with Crippen LogP contribution in [0.1, 0.15) is 6.92 Å². The molecule has 0 heterocycles. The largest absolute Gasteiger partial charge is 0.363 e. The molecule has 0 radical (unpaired) electrons. The van der Waals surface area contributed by atoms with Gasteiger partial charge >= 0.3 is 0 Å². The van der Waals surface area contributed by atoms with Crippen LogP contribution in [0.4, 0.5) is 0 Å². The van der Waals surface area contributed by atoms with Crippen LogP contribution in [-0.4, -0.2) is 11.7 Å². The predicted molar refractivity (Wildman–Crippen MR) is 29.0 cm³/mol. The Morgan fingerprint density at radius 2 is 1.88 bits per heavy atom. The Balaban J connectivity index is 4.05. The molecule has 0 aliphatic carbocycles. The summed E-state index contributed by atoms with van der Waals surface area (Å²) in [5.41, 5.74) is 4.77. The number of carbonyl (C=O) groups excluding carboxylic acids is 2. The fraction of sp³-hybridized carbons (Fsp3) is 0.200. The molecule has 3 heteroatoms. The number of hydrogen-bond acceptors (Lipinski definition) is 2. The standard InChI is InChI=1S/C5H7NO2/c1-3(2)4(7)5(6)8/h1H2,2H3,(H2,6,8). The normalized spacial score (nSPS) is 8.12. The van der Waals surface area contributed by atoms with E-state index in [1.807, 2.05) is 0 Å². The summed E-state index contributed by atoms with van der Waals surface area (Å²) in [5, 5.41) is 0. The summed E-state index contributed by atoms with van der Waals surface area (Å²) < 4.78 is 0. The molecule has 0 saturated heterocycles. The zero-order chi connectivity index (χ0) is 6.73. The fourth-order valence-corrected chi connectivity index (χ4v) is 0.210. The summed E-state index contributed by atoms with van der Waals surface area (Å²) in [6, 6.07) is 0. The molecular formula is C5H7NO2. The molecule has 3 nitrogen and oxygen atoms in total. The van der Waals surface area contributed by atoms with Crippen LogP contribution < -0.4 is 5.73 Å². The lowest BCUT2D eigenvalue weighted by molar-refractivity contribution is -0.133. The smallest absolute Gasteiger partial charge is 0.289 e. The highest BCUT2D eigenvalue weighted by Gasteiger charge is 2.07. The summed E-state index contributed by atoms with van der Waals surface area (Å²) in [7, 11) is 0. The third-order valence-corrected chi connectivity index (χ3v) is 0.611. The molecule has 0 aromatic heterocycles. The van der Waals surface area contributed by atoms with E-state index >= 15 is 0 Å². The number of nitrogens with two attached hydrogens (primary N) is 1. The van der Waals surface area contributed by atoms with E-state index in [1.54, 1.807) is 0 Å². The minimum Gasteiger partial charge on any atom is -0.363 e. The number of carbonyl (C=O) groups is 2. The lowest BCUT2D eigenvalue weighted by Crippen LogP contribution is -2.23. The van der Waals surface area contributed by atoms with Crippen LogP contribution in [-0.2, 0) is 9.59 Å². The average molecular weight is 113 g/mol. The highest BCUT2D eigenvalue weighted by atomic mass is 16.2. The quantitative estimate of drug-likeness (QED) is 0.392. The van der Waals surface area contributed by atoms with Crippen molar-refractivity contribution in [3.63, 3.8) is 0 Å². The summed E-state index contributed by atoms with van der Waals surface area (Å²) in [6.07, 6.45) is 0. The van der Waals surface area contributed by atoms with Crippen LogP contribution in [0.5, 0.6) is 0 Å². The average Bonchev–Trinajstić information content (AvgIpc) is 1.64. The summed E-state index contributed by atoms with van der Waals surface area (Å²) in [4.78, 5) is 20.2. The van der Waals surface area contributed by atoms with Crippen molar-refractivity contribution in [1.82, 2.24) is 0 Å². The van der Waals surface area contributed by atoms with Gasteiger partial charge in [0, 0.05) is 0 Å². The van der Waals surface area contributed by atoms with Gasteiger partial charge in [0.2, 0.25) is 5.78 Å². The zero-order valence-corrected chi connectivity index (χ0v) is 4.60. The Morgan fingerprint density at radius 1 is 1.50 bits per heavy atom. The zero-order valence-electron chi connectivity index (χ0n) is 4.60. The first-order valence-corrected chi connectivity index (χ1v) is 2.05. The van der Waals surface area contributed by atoms with Crippen molar-refractivity contribution in [2.45, 2.75) is 6.92 Å². The van der Waals surface area contributed by atoms with Crippen molar-refractivity contribution in [2.75, 3.05) is 0 Å². The Morgan fingerprint density at radius 3 is 1.88 bits per heavy atom. The van der Waals surface area contributed by atoms with E-state index < -0.39 is 11.7 Å². The molecular weight excluding hydrogens is 106 g/mol. The lowest BCUT2D eigenvalue weighted by atomic mass is 10.2. The molecule has 44 valence electrons. The van der Waals surface area contributed by atoms with E-state index in [4.69, 9.17) is 0 Å². The van der Waals surface area contributed by atoms with Gasteiger partial charge in [-0.3, -0.25) is 9.59 Å². The highest BCUT2D eigenvalue weighted by molar-refractivity contribution is 6.41. The van der Waals surface area contributed by atoms with Crippen LogP contribution >= 0.6 is 0 Å². The molecule has 0 fully saturated rings. The van der Waals surface area contributed by atoms with Crippen molar-refractivity contribution < 1.29 is 9.59 Å². The highest BCUT2D eigenvalue weighted by Crippen LogP contribution is 1.85. The third-order valence-electron chi connectivity index (χ3n) is 0.611. The molecule has 0 rings (SSSR count). The van der Waals surface area contributed by atoms with Gasteiger partial charge in [-0.1, -0.05) is 6.58 Å². The maximum Gasteiger partial charge on any atom is 0.289 e. The molecule has 0 saturated carbocycles. The van der Waals surface area contributed by atoms with Gasteiger partial charge in [0.05, 0.1) is 0 Å². The molecule has 2 N–H and O–H groups in total. The van der Waals surface area contributed by atoms with Crippen LogP contribution in [0, 0.1) is 0 Å². The molecule has 0 aliphatic rings. The molecule has 0 aliphatic heterocycles. The molecule has 0 aromatic carbocycles. The summed E-state index contributed by atoms with van der Waals surface area (Å²) in [5.74, 6) is -1.65. The number of amides is 1. The van der Waals surface area contributed by atoms with Crippen molar-refractivity contribution in [1.29, 1.82) is 0 Å². The maximum absolute atomic E-state index is 10.3. The molecule has 1 amide bonds. The van der Waals surface area contributed by atoms with Crippen LogP contribution in [0.2, 0.25) is 0 Å². The van der Waals surface area contributed by atoms with Gasteiger partial charge in [0.25, 0.3) is 5.91 Å². The first-order chi connectivity index (χ1) is 3.55. The van der Waals surface area contributed by atoms with E-state index in [-0.39, 0.29) is 5.57 Å². The second-order valence-corrected chi connectivity index (χ2v) is 1.47. The minimum atomic E-state index is -0.947. The maximum atomic E-state index is 10.3. The molecule has 0 atom stereocenters. The van der Waals surface area contributed by atoms with Crippen LogP contribution in [0.3, 0.4) is 0 Å². The first-order valence-electron chi connectivity index (χ1n) is 2.05. The van der Waals surface area contributed by atoms with Gasteiger partial charge in [-0.25, -0.2) is 0 Å². The summed E-state index contributed by atoms with van der Waals surface area (Å²) >= 11 is 0. The Bertz CT molecular complexity index is 133. The van der Waals surface area contributed by atoms with Gasteiger partial charge in [-0.15, -0.1) is 0 Å². The SMILES string of the molecule is C=C(C)C(=O)C(N)=O. The van der Waals surface area contributed by atoms with Crippen molar-refractivity contribution in [3.05, 3.63) is 12.2 Å². The van der Waals surface area contributed by atoms with E-state index in [1.165, 1.54) is 6.92 Å². The number of Topliss-reactive ketones (excluding diaryl/α,β-unsaturated/α-hetero) is 1. The molecule has 8 heavy (non-hydrogen) atoms. The van der Waals surface area contributed by atoms with Crippen molar-refractivity contribution in [3.8, 4) is 0 Å². The van der Waals surface area contributed by atoms with E-state index in [0.717, 1.165) is 0 Å². The number of ketones is 1. The fourth-order valence-electron chi connectivity index (χ4n) is 0.210. The van der Waals surface area contributed by atoms with E-state index in [0.29, 0.717) is 0 Å². The molecule has 0 bridgehead atoms. The van der Waals surface area contributed by atoms with Crippen LogP contribution in [0.25, 0.3) is 0 Å². The number of primary amides is 1. The van der Waals surface area contributed by atoms with Gasteiger partial charge in [0.15, 0.2) is 0 Å². The lowest BCUT2D eigenvalue weighted by Gasteiger charge is -1.87. The molecule has 0 aromatic rings. The number of hydrogen-bond donors (Lipinski definition) is 1. The van der Waals surface area contributed by atoms with E-state index in [2.05, 4.69) is 12.3 Å². The third kappa shape index (κ3) is 1.55. The second-order valence-electron chi connectivity index (χ2n) is 1.47. The topological polar surface area (TPSA) is 60.2 Å². The predicted octanol–water partition coefficient (Wildman–Crippen LogP) is -0.383. The van der Waals surface area contributed by atoms with Crippen molar-refractivity contribution >= 4 is 11.7 Å². The Hall–Kier alpha value is -1.12.